The van der Waals surface area contributed by atoms with Gasteiger partial charge in [0.1, 0.15) is 11.5 Å². The normalized spacial score (nSPS) is 18.4. The number of nitrogens with zero attached hydrogens (tertiary/aromatic N) is 2. The topological polar surface area (TPSA) is 35.0 Å². The summed E-state index contributed by atoms with van der Waals surface area (Å²) < 4.78 is 6.13. The highest BCUT2D eigenvalue weighted by Gasteiger charge is 2.20. The summed E-state index contributed by atoms with van der Waals surface area (Å²) in [5, 5.41) is 0.487. The second-order valence-electron chi connectivity index (χ2n) is 3.25. The standard InChI is InChI=1S/C9H10BrClN2O/c10-7-8(12-5-13-9(7)11)6-1-3-14-4-2-6/h5-6H,1-4H2. The quantitative estimate of drug-likeness (QED) is 0.740. The zero-order chi connectivity index (χ0) is 9.97. The molecule has 14 heavy (non-hydrogen) atoms. The Balaban J connectivity index is 2.26. The number of hydrogen-bond donors (Lipinski definition) is 0. The molecule has 0 aliphatic carbocycles. The lowest BCUT2D eigenvalue weighted by Gasteiger charge is -2.22. The minimum Gasteiger partial charge on any atom is -0.381 e. The van der Waals surface area contributed by atoms with Gasteiger partial charge in [-0.1, -0.05) is 11.6 Å². The molecule has 1 fully saturated rings. The maximum absolute atomic E-state index is 5.90. The van der Waals surface area contributed by atoms with E-state index < -0.39 is 0 Å². The van der Waals surface area contributed by atoms with Crippen LogP contribution in [0.15, 0.2) is 10.8 Å². The van der Waals surface area contributed by atoms with Crippen molar-refractivity contribution in [2.75, 3.05) is 13.2 Å². The van der Waals surface area contributed by atoms with Crippen molar-refractivity contribution in [3.63, 3.8) is 0 Å². The monoisotopic (exact) mass is 276 g/mol. The molecule has 0 atom stereocenters. The number of aromatic nitrogens is 2. The molecule has 3 nitrogen and oxygen atoms in total. The van der Waals surface area contributed by atoms with Crippen molar-refractivity contribution in [3.8, 4) is 0 Å². The van der Waals surface area contributed by atoms with Crippen molar-refractivity contribution in [1.29, 1.82) is 0 Å². The second kappa shape index (κ2) is 4.55. The molecular weight excluding hydrogens is 267 g/mol. The Kier molecular flexibility index (Phi) is 3.36. The highest BCUT2D eigenvalue weighted by Crippen LogP contribution is 2.33. The minimum atomic E-state index is 0.443. The number of rotatable bonds is 1. The number of halogens is 2. The molecule has 0 amide bonds. The van der Waals surface area contributed by atoms with Crippen LogP contribution < -0.4 is 0 Å². The maximum Gasteiger partial charge on any atom is 0.146 e. The molecule has 1 aliphatic rings. The van der Waals surface area contributed by atoms with Gasteiger partial charge < -0.3 is 4.74 Å². The molecule has 2 heterocycles. The molecule has 0 unspecified atom stereocenters. The van der Waals surface area contributed by atoms with E-state index in [1.807, 2.05) is 0 Å². The van der Waals surface area contributed by atoms with Crippen molar-refractivity contribution in [3.05, 3.63) is 21.6 Å². The van der Waals surface area contributed by atoms with E-state index in [1.54, 1.807) is 0 Å². The Hall–Kier alpha value is -0.190. The van der Waals surface area contributed by atoms with Crippen LogP contribution in [0.1, 0.15) is 24.5 Å². The van der Waals surface area contributed by atoms with Gasteiger partial charge in [-0.15, -0.1) is 0 Å². The van der Waals surface area contributed by atoms with Crippen LogP contribution in [0.5, 0.6) is 0 Å². The fourth-order valence-electron chi connectivity index (χ4n) is 1.62. The third kappa shape index (κ3) is 2.07. The summed E-state index contributed by atoms with van der Waals surface area (Å²) in [6, 6.07) is 0. The number of ether oxygens (including phenoxy) is 1. The maximum atomic E-state index is 5.90. The highest BCUT2D eigenvalue weighted by molar-refractivity contribution is 9.10. The van der Waals surface area contributed by atoms with Gasteiger partial charge >= 0.3 is 0 Å². The van der Waals surface area contributed by atoms with Crippen molar-refractivity contribution < 1.29 is 4.74 Å². The second-order valence-corrected chi connectivity index (χ2v) is 4.40. The fourth-order valence-corrected chi connectivity index (χ4v) is 2.29. The van der Waals surface area contributed by atoms with Crippen molar-refractivity contribution >= 4 is 27.5 Å². The lowest BCUT2D eigenvalue weighted by molar-refractivity contribution is 0.0843. The lowest BCUT2D eigenvalue weighted by atomic mass is 9.96. The third-order valence-corrected chi connectivity index (χ3v) is 3.68. The molecule has 0 spiro atoms. The van der Waals surface area contributed by atoms with Crippen LogP contribution in [0, 0.1) is 0 Å². The van der Waals surface area contributed by atoms with Crippen LogP contribution in [-0.2, 0) is 4.74 Å². The van der Waals surface area contributed by atoms with E-state index in [4.69, 9.17) is 16.3 Å². The van der Waals surface area contributed by atoms with Crippen LogP contribution in [0.4, 0.5) is 0 Å². The first-order chi connectivity index (χ1) is 6.79. The molecule has 2 rings (SSSR count). The van der Waals surface area contributed by atoms with E-state index in [0.717, 1.165) is 36.2 Å². The van der Waals surface area contributed by atoms with Gasteiger partial charge in [-0.05, 0) is 28.8 Å². The van der Waals surface area contributed by atoms with Crippen molar-refractivity contribution in [2.45, 2.75) is 18.8 Å². The van der Waals surface area contributed by atoms with Gasteiger partial charge in [0.2, 0.25) is 0 Å². The van der Waals surface area contributed by atoms with Crippen molar-refractivity contribution in [2.24, 2.45) is 0 Å². The smallest absolute Gasteiger partial charge is 0.146 e. The summed E-state index contributed by atoms with van der Waals surface area (Å²) in [7, 11) is 0. The molecule has 0 N–H and O–H groups in total. The van der Waals surface area contributed by atoms with E-state index in [0.29, 0.717) is 11.1 Å². The molecule has 0 aromatic carbocycles. The molecule has 76 valence electrons. The van der Waals surface area contributed by atoms with Gasteiger partial charge in [-0.3, -0.25) is 0 Å². The summed E-state index contributed by atoms with van der Waals surface area (Å²) in [4.78, 5) is 8.18. The molecule has 5 heteroatoms. The van der Waals surface area contributed by atoms with E-state index in [9.17, 15) is 0 Å². The molecule has 1 saturated heterocycles. The molecule has 0 radical (unpaired) electrons. The van der Waals surface area contributed by atoms with Crippen molar-refractivity contribution in [1.82, 2.24) is 9.97 Å². The van der Waals surface area contributed by atoms with E-state index in [2.05, 4.69) is 25.9 Å². The summed E-state index contributed by atoms with van der Waals surface area (Å²) in [5.74, 6) is 0.443. The SMILES string of the molecule is Clc1ncnc(C2CCOCC2)c1Br. The Labute approximate surface area is 96.0 Å². The van der Waals surface area contributed by atoms with E-state index >= 15 is 0 Å². The molecule has 0 saturated carbocycles. The molecular formula is C9H10BrClN2O. The van der Waals surface area contributed by atoms with Crippen LogP contribution in [0.3, 0.4) is 0 Å². The Morgan fingerprint density at radius 3 is 2.79 bits per heavy atom. The fraction of sp³-hybridized carbons (Fsp3) is 0.556. The average molecular weight is 278 g/mol. The molecule has 1 aromatic rings. The van der Waals surface area contributed by atoms with Gasteiger partial charge in [-0.2, -0.15) is 0 Å². The predicted molar refractivity (Wildman–Crippen MR) is 57.5 cm³/mol. The van der Waals surface area contributed by atoms with Crippen LogP contribution >= 0.6 is 27.5 Å². The average Bonchev–Trinajstić information content (AvgIpc) is 2.23. The molecule has 0 bridgehead atoms. The molecule has 1 aliphatic heterocycles. The minimum absolute atomic E-state index is 0.443. The van der Waals surface area contributed by atoms with Crippen LogP contribution in [0.25, 0.3) is 0 Å². The first kappa shape index (κ1) is 10.3. The Morgan fingerprint density at radius 1 is 1.36 bits per heavy atom. The summed E-state index contributed by atoms with van der Waals surface area (Å²) >= 11 is 9.32. The zero-order valence-corrected chi connectivity index (χ0v) is 9.88. The van der Waals surface area contributed by atoms with Gasteiger partial charge in [-0.25, -0.2) is 9.97 Å². The first-order valence-corrected chi connectivity index (χ1v) is 5.70. The zero-order valence-electron chi connectivity index (χ0n) is 7.54. The van der Waals surface area contributed by atoms with E-state index in [1.165, 1.54) is 6.33 Å². The molecule has 1 aromatic heterocycles. The first-order valence-electron chi connectivity index (χ1n) is 4.52. The van der Waals surface area contributed by atoms with E-state index in [-0.39, 0.29) is 0 Å². The Bertz CT molecular complexity index is 329. The summed E-state index contributed by atoms with van der Waals surface area (Å²) in [5.41, 5.74) is 1.01. The third-order valence-electron chi connectivity index (χ3n) is 2.38. The van der Waals surface area contributed by atoms with Gasteiger partial charge in [0.25, 0.3) is 0 Å². The highest BCUT2D eigenvalue weighted by atomic mass is 79.9. The summed E-state index contributed by atoms with van der Waals surface area (Å²) in [6.45, 7) is 1.61. The lowest BCUT2D eigenvalue weighted by Crippen LogP contribution is -2.15. The van der Waals surface area contributed by atoms with Crippen LogP contribution in [-0.4, -0.2) is 23.2 Å². The summed E-state index contributed by atoms with van der Waals surface area (Å²) in [6.07, 6.45) is 3.52. The van der Waals surface area contributed by atoms with Gasteiger partial charge in [0.05, 0.1) is 10.2 Å². The van der Waals surface area contributed by atoms with Gasteiger partial charge in [0, 0.05) is 19.1 Å². The predicted octanol–water partition coefficient (Wildman–Crippen LogP) is 2.79. The number of hydrogen-bond acceptors (Lipinski definition) is 3. The van der Waals surface area contributed by atoms with Gasteiger partial charge in [0.15, 0.2) is 0 Å². The Morgan fingerprint density at radius 2 is 2.07 bits per heavy atom. The largest absolute Gasteiger partial charge is 0.381 e. The van der Waals surface area contributed by atoms with Crippen LogP contribution in [0.2, 0.25) is 5.15 Å².